The zero-order valence-corrected chi connectivity index (χ0v) is 11.9. The summed E-state index contributed by atoms with van der Waals surface area (Å²) in [4.78, 5) is 0. The van der Waals surface area contributed by atoms with E-state index in [1.807, 2.05) is 0 Å². The van der Waals surface area contributed by atoms with Gasteiger partial charge in [0.1, 0.15) is 5.75 Å². The fourth-order valence-electron chi connectivity index (χ4n) is 2.14. The molecular formula is C14H20BrNO. The molecule has 2 nitrogen and oxygen atoms in total. The maximum Gasteiger partial charge on any atom is 0.133 e. The Morgan fingerprint density at radius 3 is 2.76 bits per heavy atom. The highest BCUT2D eigenvalue weighted by atomic mass is 79.9. The summed E-state index contributed by atoms with van der Waals surface area (Å²) in [6, 6.07) is 6.37. The van der Waals surface area contributed by atoms with Crippen LogP contribution in [0.3, 0.4) is 0 Å². The summed E-state index contributed by atoms with van der Waals surface area (Å²) in [7, 11) is 0. The van der Waals surface area contributed by atoms with Crippen LogP contribution >= 0.6 is 15.9 Å². The highest BCUT2D eigenvalue weighted by Gasteiger charge is 2.14. The van der Waals surface area contributed by atoms with Crippen molar-refractivity contribution in [3.8, 4) is 5.75 Å². The molecule has 1 heterocycles. The van der Waals surface area contributed by atoms with Crippen LogP contribution in [0.2, 0.25) is 0 Å². The molecule has 0 aromatic heterocycles. The predicted molar refractivity (Wildman–Crippen MR) is 74.6 cm³/mol. The Labute approximate surface area is 112 Å². The van der Waals surface area contributed by atoms with Crippen molar-refractivity contribution in [1.29, 1.82) is 0 Å². The molecule has 17 heavy (non-hydrogen) atoms. The summed E-state index contributed by atoms with van der Waals surface area (Å²) >= 11 is 3.58. The highest BCUT2D eigenvalue weighted by molar-refractivity contribution is 9.10. The lowest BCUT2D eigenvalue weighted by molar-refractivity contribution is 0.214. The average molecular weight is 298 g/mol. The van der Waals surface area contributed by atoms with Crippen molar-refractivity contribution in [3.63, 3.8) is 0 Å². The number of piperidine rings is 1. The SMILES string of the molecule is CCc1ccc(OCC2CCNCC2)c(Br)c1. The minimum absolute atomic E-state index is 0.703. The monoisotopic (exact) mass is 297 g/mol. The summed E-state index contributed by atoms with van der Waals surface area (Å²) in [5.74, 6) is 1.68. The molecule has 0 spiro atoms. The van der Waals surface area contributed by atoms with E-state index >= 15 is 0 Å². The molecule has 1 fully saturated rings. The van der Waals surface area contributed by atoms with E-state index in [1.165, 1.54) is 18.4 Å². The third kappa shape index (κ3) is 3.71. The minimum atomic E-state index is 0.703. The molecule has 0 bridgehead atoms. The molecule has 3 heteroatoms. The largest absolute Gasteiger partial charge is 0.492 e. The summed E-state index contributed by atoms with van der Waals surface area (Å²) in [5, 5.41) is 3.37. The summed E-state index contributed by atoms with van der Waals surface area (Å²) < 4.78 is 6.98. The van der Waals surface area contributed by atoms with Crippen LogP contribution in [0.1, 0.15) is 25.3 Å². The molecule has 94 valence electrons. The summed E-state index contributed by atoms with van der Waals surface area (Å²) in [5.41, 5.74) is 1.34. The van der Waals surface area contributed by atoms with Gasteiger partial charge >= 0.3 is 0 Å². The van der Waals surface area contributed by atoms with Gasteiger partial charge in [0.25, 0.3) is 0 Å². The number of hydrogen-bond donors (Lipinski definition) is 1. The lowest BCUT2D eigenvalue weighted by atomic mass is 9.99. The molecule has 1 aliphatic rings. The Balaban J connectivity index is 1.89. The molecule has 2 rings (SSSR count). The Kier molecular flexibility index (Phi) is 4.86. The van der Waals surface area contributed by atoms with Crippen molar-refractivity contribution >= 4 is 15.9 Å². The van der Waals surface area contributed by atoms with Gasteiger partial charge in [0, 0.05) is 0 Å². The van der Waals surface area contributed by atoms with Crippen LogP contribution in [-0.2, 0) is 6.42 Å². The van der Waals surface area contributed by atoms with Crippen LogP contribution < -0.4 is 10.1 Å². The van der Waals surface area contributed by atoms with Crippen molar-refractivity contribution in [1.82, 2.24) is 5.32 Å². The smallest absolute Gasteiger partial charge is 0.133 e. The molecule has 0 amide bonds. The first-order valence-corrected chi connectivity index (χ1v) is 7.21. The number of rotatable bonds is 4. The molecule has 1 aromatic carbocycles. The van der Waals surface area contributed by atoms with Crippen LogP contribution in [0.5, 0.6) is 5.75 Å². The molecule has 1 N–H and O–H groups in total. The van der Waals surface area contributed by atoms with Crippen molar-refractivity contribution in [3.05, 3.63) is 28.2 Å². The minimum Gasteiger partial charge on any atom is -0.492 e. The maximum absolute atomic E-state index is 5.90. The fraction of sp³-hybridized carbons (Fsp3) is 0.571. The van der Waals surface area contributed by atoms with Gasteiger partial charge in [0.05, 0.1) is 11.1 Å². The van der Waals surface area contributed by atoms with Crippen molar-refractivity contribution in [2.45, 2.75) is 26.2 Å². The first kappa shape index (κ1) is 12.9. The zero-order chi connectivity index (χ0) is 12.1. The number of aryl methyl sites for hydroxylation is 1. The van der Waals surface area contributed by atoms with E-state index in [0.717, 1.165) is 36.3 Å². The molecule has 0 atom stereocenters. The average Bonchev–Trinajstić information content (AvgIpc) is 2.38. The molecule has 1 aliphatic heterocycles. The van der Waals surface area contributed by atoms with E-state index in [0.29, 0.717) is 5.92 Å². The Bertz CT molecular complexity index is 361. The quantitative estimate of drug-likeness (QED) is 0.920. The van der Waals surface area contributed by atoms with E-state index in [2.05, 4.69) is 46.4 Å². The normalized spacial score (nSPS) is 17.1. The molecule has 0 saturated carbocycles. The third-order valence-corrected chi connectivity index (χ3v) is 3.96. The second kappa shape index (κ2) is 6.41. The van der Waals surface area contributed by atoms with Gasteiger partial charge in [0.15, 0.2) is 0 Å². The van der Waals surface area contributed by atoms with Crippen LogP contribution in [0, 0.1) is 5.92 Å². The van der Waals surface area contributed by atoms with Gasteiger partial charge < -0.3 is 10.1 Å². The number of benzene rings is 1. The standard InChI is InChI=1S/C14H20BrNO/c1-2-11-3-4-14(13(15)9-11)17-10-12-5-7-16-8-6-12/h3-4,9,12,16H,2,5-8,10H2,1H3. The van der Waals surface area contributed by atoms with E-state index < -0.39 is 0 Å². The van der Waals surface area contributed by atoms with Crippen LogP contribution in [0.25, 0.3) is 0 Å². The van der Waals surface area contributed by atoms with Crippen molar-refractivity contribution < 1.29 is 4.74 Å². The summed E-state index contributed by atoms with van der Waals surface area (Å²) in [6.45, 7) is 5.26. The molecule has 1 aromatic rings. The molecule has 0 unspecified atom stereocenters. The number of hydrogen-bond acceptors (Lipinski definition) is 2. The number of ether oxygens (including phenoxy) is 1. The van der Waals surface area contributed by atoms with Gasteiger partial charge in [-0.25, -0.2) is 0 Å². The van der Waals surface area contributed by atoms with Crippen LogP contribution in [-0.4, -0.2) is 19.7 Å². The van der Waals surface area contributed by atoms with Crippen LogP contribution in [0.4, 0.5) is 0 Å². The van der Waals surface area contributed by atoms with E-state index in [1.54, 1.807) is 0 Å². The Hall–Kier alpha value is -0.540. The second-order valence-electron chi connectivity index (χ2n) is 4.62. The lowest BCUT2D eigenvalue weighted by Crippen LogP contribution is -2.30. The predicted octanol–water partition coefficient (Wildman–Crippen LogP) is 3.39. The lowest BCUT2D eigenvalue weighted by Gasteiger charge is -2.23. The van der Waals surface area contributed by atoms with E-state index in [9.17, 15) is 0 Å². The van der Waals surface area contributed by atoms with Gasteiger partial charge in [-0.05, 0) is 71.9 Å². The van der Waals surface area contributed by atoms with Gasteiger partial charge in [-0.1, -0.05) is 13.0 Å². The zero-order valence-electron chi connectivity index (χ0n) is 10.3. The van der Waals surface area contributed by atoms with Gasteiger partial charge in [-0.15, -0.1) is 0 Å². The van der Waals surface area contributed by atoms with Gasteiger partial charge in [-0.3, -0.25) is 0 Å². The maximum atomic E-state index is 5.90. The van der Waals surface area contributed by atoms with Gasteiger partial charge in [0.2, 0.25) is 0 Å². The highest BCUT2D eigenvalue weighted by Crippen LogP contribution is 2.27. The first-order chi connectivity index (χ1) is 8.29. The van der Waals surface area contributed by atoms with Crippen molar-refractivity contribution in [2.24, 2.45) is 5.92 Å². The Morgan fingerprint density at radius 2 is 2.12 bits per heavy atom. The Morgan fingerprint density at radius 1 is 1.35 bits per heavy atom. The molecule has 0 aliphatic carbocycles. The fourth-order valence-corrected chi connectivity index (χ4v) is 2.68. The van der Waals surface area contributed by atoms with Crippen LogP contribution in [0.15, 0.2) is 22.7 Å². The van der Waals surface area contributed by atoms with Crippen molar-refractivity contribution in [2.75, 3.05) is 19.7 Å². The number of halogens is 1. The van der Waals surface area contributed by atoms with E-state index in [4.69, 9.17) is 4.74 Å². The van der Waals surface area contributed by atoms with Gasteiger partial charge in [-0.2, -0.15) is 0 Å². The molecule has 1 saturated heterocycles. The second-order valence-corrected chi connectivity index (χ2v) is 5.48. The molecule has 0 radical (unpaired) electrons. The topological polar surface area (TPSA) is 21.3 Å². The number of nitrogens with one attached hydrogen (secondary N) is 1. The third-order valence-electron chi connectivity index (χ3n) is 3.34. The summed E-state index contributed by atoms with van der Waals surface area (Å²) in [6.07, 6.45) is 3.52. The van der Waals surface area contributed by atoms with E-state index in [-0.39, 0.29) is 0 Å². The molecular weight excluding hydrogens is 278 g/mol. The first-order valence-electron chi connectivity index (χ1n) is 6.41.